The van der Waals surface area contributed by atoms with Crippen molar-refractivity contribution in [2.75, 3.05) is 19.6 Å². The molecule has 1 aromatic rings. The van der Waals surface area contributed by atoms with Gasteiger partial charge in [-0.05, 0) is 61.2 Å². The van der Waals surface area contributed by atoms with E-state index >= 15 is 0 Å². The summed E-state index contributed by atoms with van der Waals surface area (Å²) >= 11 is 1.71. The number of thiophene rings is 1. The van der Waals surface area contributed by atoms with Crippen molar-refractivity contribution in [3.05, 3.63) is 22.4 Å². The zero-order chi connectivity index (χ0) is 15.2. The number of nitrogens with zero attached hydrogens (tertiary/aromatic N) is 1. The molecule has 1 aromatic heterocycles. The van der Waals surface area contributed by atoms with Crippen LogP contribution >= 0.6 is 11.3 Å². The van der Waals surface area contributed by atoms with E-state index in [2.05, 4.69) is 53.1 Å². The molecule has 2 unspecified atom stereocenters. The quantitative estimate of drug-likeness (QED) is 0.774. The van der Waals surface area contributed by atoms with Crippen molar-refractivity contribution >= 4 is 17.4 Å². The highest BCUT2D eigenvalue weighted by Gasteiger charge is 2.29. The maximum absolute atomic E-state index is 12.0. The lowest BCUT2D eigenvalue weighted by Crippen LogP contribution is -2.45. The van der Waals surface area contributed by atoms with Gasteiger partial charge in [-0.3, -0.25) is 4.90 Å². The molecule has 2 atom stereocenters. The molecule has 0 aliphatic heterocycles. The van der Waals surface area contributed by atoms with Crippen LogP contribution in [-0.4, -0.2) is 36.6 Å². The van der Waals surface area contributed by atoms with Crippen molar-refractivity contribution < 1.29 is 4.79 Å². The molecule has 1 saturated carbocycles. The molecular formula is C16H27N3OS. The average molecular weight is 309 g/mol. The van der Waals surface area contributed by atoms with Crippen LogP contribution in [0.4, 0.5) is 4.79 Å². The van der Waals surface area contributed by atoms with Gasteiger partial charge in [0.1, 0.15) is 0 Å². The molecule has 2 amide bonds. The number of hydrogen-bond donors (Lipinski definition) is 2. The van der Waals surface area contributed by atoms with Crippen molar-refractivity contribution in [3.8, 4) is 0 Å². The van der Waals surface area contributed by atoms with Gasteiger partial charge in [0.05, 0.1) is 6.04 Å². The Kier molecular flexibility index (Phi) is 6.06. The minimum atomic E-state index is -0.0400. The fourth-order valence-corrected chi connectivity index (χ4v) is 3.46. The van der Waals surface area contributed by atoms with Crippen LogP contribution in [0.3, 0.4) is 0 Å². The number of carbonyl (C=O) groups excluding carboxylic acids is 1. The van der Waals surface area contributed by atoms with Crippen LogP contribution < -0.4 is 10.6 Å². The summed E-state index contributed by atoms with van der Waals surface area (Å²) in [5.74, 6) is 0.686. The lowest BCUT2D eigenvalue weighted by atomic mass is 10.1. The first-order valence-corrected chi connectivity index (χ1v) is 8.90. The first kappa shape index (κ1) is 16.3. The zero-order valence-corrected chi connectivity index (χ0v) is 14.1. The molecule has 0 aromatic carbocycles. The molecule has 4 nitrogen and oxygen atoms in total. The van der Waals surface area contributed by atoms with Crippen molar-refractivity contribution in [2.45, 2.75) is 45.7 Å². The Hall–Kier alpha value is -1.07. The number of hydrogen-bond acceptors (Lipinski definition) is 3. The second kappa shape index (κ2) is 7.80. The minimum absolute atomic E-state index is 0.0400. The third kappa shape index (κ3) is 4.71. The van der Waals surface area contributed by atoms with Gasteiger partial charge < -0.3 is 10.6 Å². The van der Waals surface area contributed by atoms with E-state index in [4.69, 9.17) is 0 Å². The van der Waals surface area contributed by atoms with E-state index in [1.54, 1.807) is 11.3 Å². The fourth-order valence-electron chi connectivity index (χ4n) is 2.75. The topological polar surface area (TPSA) is 44.4 Å². The normalized spacial score (nSPS) is 17.5. The van der Waals surface area contributed by atoms with E-state index in [0.29, 0.717) is 12.5 Å². The smallest absolute Gasteiger partial charge is 0.315 e. The molecule has 21 heavy (non-hydrogen) atoms. The van der Waals surface area contributed by atoms with E-state index in [1.165, 1.54) is 18.4 Å². The number of likely N-dealkylation sites (N-methyl/N-ethyl adjacent to an activating group) is 1. The van der Waals surface area contributed by atoms with Gasteiger partial charge in [-0.25, -0.2) is 4.79 Å². The third-order valence-corrected chi connectivity index (χ3v) is 5.03. The van der Waals surface area contributed by atoms with Crippen LogP contribution in [-0.2, 0) is 0 Å². The Morgan fingerprint density at radius 3 is 2.67 bits per heavy atom. The molecule has 1 aliphatic carbocycles. The Balaban J connectivity index is 1.87. The third-order valence-electron chi connectivity index (χ3n) is 4.32. The van der Waals surface area contributed by atoms with E-state index < -0.39 is 0 Å². The molecule has 2 N–H and O–H groups in total. The van der Waals surface area contributed by atoms with E-state index in [9.17, 15) is 4.79 Å². The van der Waals surface area contributed by atoms with Crippen LogP contribution in [0, 0.1) is 5.92 Å². The average Bonchev–Trinajstić information content (AvgIpc) is 3.20. The van der Waals surface area contributed by atoms with Gasteiger partial charge in [-0.2, -0.15) is 11.3 Å². The van der Waals surface area contributed by atoms with Crippen LogP contribution in [0.1, 0.15) is 45.2 Å². The van der Waals surface area contributed by atoms with Crippen molar-refractivity contribution in [2.24, 2.45) is 5.92 Å². The standard InChI is InChI=1S/C16H27N3OS/c1-4-19(5-2)15(14-8-9-21-11-14)10-17-16(20)18-12(3)13-6-7-13/h8-9,11-13,15H,4-7,10H2,1-3H3,(H2,17,18,20). The molecule has 0 radical (unpaired) electrons. The Morgan fingerprint density at radius 2 is 2.14 bits per heavy atom. The van der Waals surface area contributed by atoms with Gasteiger partial charge >= 0.3 is 6.03 Å². The number of amides is 2. The summed E-state index contributed by atoms with van der Waals surface area (Å²) < 4.78 is 0. The zero-order valence-electron chi connectivity index (χ0n) is 13.3. The lowest BCUT2D eigenvalue weighted by Gasteiger charge is -2.29. The predicted molar refractivity (Wildman–Crippen MR) is 88.7 cm³/mol. The summed E-state index contributed by atoms with van der Waals surface area (Å²) in [6, 6.07) is 2.66. The first-order chi connectivity index (χ1) is 10.2. The Morgan fingerprint density at radius 1 is 1.43 bits per heavy atom. The van der Waals surface area contributed by atoms with Crippen molar-refractivity contribution in [3.63, 3.8) is 0 Å². The van der Waals surface area contributed by atoms with Gasteiger partial charge in [0.25, 0.3) is 0 Å². The second-order valence-electron chi connectivity index (χ2n) is 5.77. The Bertz CT molecular complexity index is 427. The van der Waals surface area contributed by atoms with Gasteiger partial charge in [0.15, 0.2) is 0 Å². The lowest BCUT2D eigenvalue weighted by molar-refractivity contribution is 0.205. The summed E-state index contributed by atoms with van der Waals surface area (Å²) in [6.45, 7) is 9.05. The fraction of sp³-hybridized carbons (Fsp3) is 0.688. The molecule has 1 fully saturated rings. The van der Waals surface area contributed by atoms with Gasteiger partial charge in [-0.15, -0.1) is 0 Å². The highest BCUT2D eigenvalue weighted by atomic mass is 32.1. The van der Waals surface area contributed by atoms with Crippen LogP contribution in [0.2, 0.25) is 0 Å². The van der Waals surface area contributed by atoms with Gasteiger partial charge in [0.2, 0.25) is 0 Å². The molecule has 118 valence electrons. The van der Waals surface area contributed by atoms with Crippen LogP contribution in [0.15, 0.2) is 16.8 Å². The predicted octanol–water partition coefficient (Wildman–Crippen LogP) is 3.23. The molecule has 0 bridgehead atoms. The largest absolute Gasteiger partial charge is 0.336 e. The second-order valence-corrected chi connectivity index (χ2v) is 6.55. The number of urea groups is 1. The first-order valence-electron chi connectivity index (χ1n) is 7.96. The SMILES string of the molecule is CCN(CC)C(CNC(=O)NC(C)C1CC1)c1ccsc1. The van der Waals surface area contributed by atoms with E-state index in [0.717, 1.165) is 13.1 Å². The molecule has 2 rings (SSSR count). The number of nitrogens with one attached hydrogen (secondary N) is 2. The number of rotatable bonds is 8. The summed E-state index contributed by atoms with van der Waals surface area (Å²) in [7, 11) is 0. The molecule has 1 aliphatic rings. The van der Waals surface area contributed by atoms with Crippen molar-refractivity contribution in [1.29, 1.82) is 0 Å². The number of carbonyl (C=O) groups is 1. The summed E-state index contributed by atoms with van der Waals surface area (Å²) in [5, 5.41) is 10.4. The summed E-state index contributed by atoms with van der Waals surface area (Å²) in [5.41, 5.74) is 1.29. The maximum atomic E-state index is 12.0. The van der Waals surface area contributed by atoms with E-state index in [1.807, 2.05) is 0 Å². The highest BCUT2D eigenvalue weighted by molar-refractivity contribution is 7.07. The summed E-state index contributed by atoms with van der Waals surface area (Å²) in [6.07, 6.45) is 2.50. The molecule has 0 spiro atoms. The maximum Gasteiger partial charge on any atom is 0.315 e. The van der Waals surface area contributed by atoms with Crippen LogP contribution in [0.25, 0.3) is 0 Å². The molecule has 5 heteroatoms. The molecule has 1 heterocycles. The van der Waals surface area contributed by atoms with Gasteiger partial charge in [-0.1, -0.05) is 13.8 Å². The highest BCUT2D eigenvalue weighted by Crippen LogP contribution is 2.32. The van der Waals surface area contributed by atoms with E-state index in [-0.39, 0.29) is 18.1 Å². The van der Waals surface area contributed by atoms with Gasteiger partial charge in [0, 0.05) is 12.6 Å². The summed E-state index contributed by atoms with van der Waals surface area (Å²) in [4.78, 5) is 14.4. The molecular weight excluding hydrogens is 282 g/mol. The van der Waals surface area contributed by atoms with Crippen LogP contribution in [0.5, 0.6) is 0 Å². The molecule has 0 saturated heterocycles. The monoisotopic (exact) mass is 309 g/mol. The minimum Gasteiger partial charge on any atom is -0.336 e. The van der Waals surface area contributed by atoms with Crippen molar-refractivity contribution in [1.82, 2.24) is 15.5 Å². The Labute approximate surface area is 131 Å².